The number of amides is 1. The smallest absolute Gasteiger partial charge is 0.262 e. The first-order valence-electron chi connectivity index (χ1n) is 9.26. The molecule has 5 rings (SSSR count). The number of aryl methyl sites for hydroxylation is 1. The van der Waals surface area contributed by atoms with E-state index in [9.17, 15) is 9.18 Å². The Kier molecular flexibility index (Phi) is 3.85. The van der Waals surface area contributed by atoms with Gasteiger partial charge >= 0.3 is 0 Å². The lowest BCUT2D eigenvalue weighted by Gasteiger charge is -2.17. The van der Waals surface area contributed by atoms with E-state index in [-0.39, 0.29) is 5.91 Å². The molecule has 3 aromatic heterocycles. The minimum atomic E-state index is -0.784. The Bertz CT molecular complexity index is 1050. The molecular formula is C20H19FN6O. The molecule has 0 saturated carbocycles. The Morgan fingerprint density at radius 2 is 2.07 bits per heavy atom. The molecule has 0 N–H and O–H groups in total. The van der Waals surface area contributed by atoms with E-state index in [4.69, 9.17) is 0 Å². The number of carbonyl (C=O) groups excluding carboxylic acids is 1. The van der Waals surface area contributed by atoms with Gasteiger partial charge in [-0.25, -0.2) is 14.1 Å². The SMILES string of the molecule is Cc1cncc(N2Cc3nn(-c4ccc(N5CC[C@H](F)C5)nc4)cc3C2=O)c1. The third kappa shape index (κ3) is 2.81. The molecule has 0 radical (unpaired) electrons. The van der Waals surface area contributed by atoms with Gasteiger partial charge < -0.3 is 9.80 Å². The Morgan fingerprint density at radius 3 is 2.75 bits per heavy atom. The van der Waals surface area contributed by atoms with Crippen LogP contribution in [-0.2, 0) is 6.54 Å². The van der Waals surface area contributed by atoms with E-state index >= 15 is 0 Å². The van der Waals surface area contributed by atoms with Gasteiger partial charge in [0, 0.05) is 18.9 Å². The van der Waals surface area contributed by atoms with E-state index in [2.05, 4.69) is 15.1 Å². The molecule has 1 atom stereocenters. The van der Waals surface area contributed by atoms with Crippen molar-refractivity contribution in [2.75, 3.05) is 22.9 Å². The number of halogens is 1. The molecule has 0 spiro atoms. The summed E-state index contributed by atoms with van der Waals surface area (Å²) in [7, 11) is 0. The molecule has 142 valence electrons. The van der Waals surface area contributed by atoms with E-state index in [1.54, 1.807) is 34.4 Å². The maximum atomic E-state index is 13.4. The highest BCUT2D eigenvalue weighted by Crippen LogP contribution is 2.28. The zero-order chi connectivity index (χ0) is 19.3. The zero-order valence-corrected chi connectivity index (χ0v) is 15.4. The van der Waals surface area contributed by atoms with Crippen LogP contribution in [0.3, 0.4) is 0 Å². The Labute approximate surface area is 161 Å². The van der Waals surface area contributed by atoms with Gasteiger partial charge in [-0.1, -0.05) is 0 Å². The largest absolute Gasteiger partial charge is 0.354 e. The van der Waals surface area contributed by atoms with Crippen LogP contribution in [0.25, 0.3) is 5.69 Å². The molecule has 1 saturated heterocycles. The van der Waals surface area contributed by atoms with E-state index in [0.29, 0.717) is 31.6 Å². The highest BCUT2D eigenvalue weighted by atomic mass is 19.1. The predicted molar refractivity (Wildman–Crippen MR) is 103 cm³/mol. The molecule has 1 amide bonds. The van der Waals surface area contributed by atoms with E-state index in [1.807, 2.05) is 30.0 Å². The van der Waals surface area contributed by atoms with Crippen molar-refractivity contribution in [2.24, 2.45) is 0 Å². The number of alkyl halides is 1. The fourth-order valence-electron chi connectivity index (χ4n) is 3.73. The summed E-state index contributed by atoms with van der Waals surface area (Å²) in [4.78, 5) is 25.0. The van der Waals surface area contributed by atoms with Gasteiger partial charge in [0.1, 0.15) is 12.0 Å². The van der Waals surface area contributed by atoms with Gasteiger partial charge in [-0.15, -0.1) is 0 Å². The second-order valence-corrected chi connectivity index (χ2v) is 7.25. The van der Waals surface area contributed by atoms with Crippen LogP contribution in [0.15, 0.2) is 43.0 Å². The van der Waals surface area contributed by atoms with Crippen molar-refractivity contribution < 1.29 is 9.18 Å². The van der Waals surface area contributed by atoms with Gasteiger partial charge in [-0.2, -0.15) is 5.10 Å². The van der Waals surface area contributed by atoms with E-state index in [1.165, 1.54) is 0 Å². The van der Waals surface area contributed by atoms with Crippen LogP contribution in [-0.4, -0.2) is 44.9 Å². The Hall–Kier alpha value is -3.29. The molecule has 0 bridgehead atoms. The van der Waals surface area contributed by atoms with Crippen LogP contribution in [0.4, 0.5) is 15.9 Å². The average molecular weight is 378 g/mol. The molecule has 7 nitrogen and oxygen atoms in total. The Balaban J connectivity index is 1.37. The minimum absolute atomic E-state index is 0.0794. The standard InChI is InChI=1S/C20H19FN6O/c1-13-6-16(8-22-7-13)26-12-18-17(20(26)28)11-27(24-18)15-2-3-19(23-9-15)25-5-4-14(21)10-25/h2-3,6-9,11,14H,4-5,10,12H2,1H3/t14-/m0/s1. The summed E-state index contributed by atoms with van der Waals surface area (Å²) in [6.45, 7) is 3.44. The number of hydrogen-bond acceptors (Lipinski definition) is 5. The first kappa shape index (κ1) is 16.9. The number of rotatable bonds is 3. The van der Waals surface area contributed by atoms with Crippen molar-refractivity contribution in [3.8, 4) is 5.69 Å². The fourth-order valence-corrected chi connectivity index (χ4v) is 3.73. The van der Waals surface area contributed by atoms with Crippen molar-refractivity contribution in [1.82, 2.24) is 19.7 Å². The number of fused-ring (bicyclic) bond motifs is 1. The summed E-state index contributed by atoms with van der Waals surface area (Å²) >= 11 is 0. The molecule has 2 aliphatic heterocycles. The quantitative estimate of drug-likeness (QED) is 0.701. The van der Waals surface area contributed by atoms with Gasteiger partial charge in [-0.3, -0.25) is 9.78 Å². The van der Waals surface area contributed by atoms with Gasteiger partial charge in [-0.05, 0) is 37.1 Å². The summed E-state index contributed by atoms with van der Waals surface area (Å²) in [5, 5.41) is 4.57. The third-order valence-corrected chi connectivity index (χ3v) is 5.20. The average Bonchev–Trinajstić information content (AvgIpc) is 3.38. The monoisotopic (exact) mass is 378 g/mol. The minimum Gasteiger partial charge on any atom is -0.354 e. The van der Waals surface area contributed by atoms with Crippen molar-refractivity contribution in [2.45, 2.75) is 26.1 Å². The summed E-state index contributed by atoms with van der Waals surface area (Å²) in [5.74, 6) is 0.682. The van der Waals surface area contributed by atoms with Crippen LogP contribution in [0, 0.1) is 6.92 Å². The van der Waals surface area contributed by atoms with Crippen LogP contribution in [0.5, 0.6) is 0 Å². The molecule has 8 heteroatoms. The number of hydrogen-bond donors (Lipinski definition) is 0. The maximum Gasteiger partial charge on any atom is 0.262 e. The first-order valence-corrected chi connectivity index (χ1v) is 9.26. The molecule has 2 aliphatic rings. The lowest BCUT2D eigenvalue weighted by molar-refractivity contribution is 0.0996. The van der Waals surface area contributed by atoms with Crippen LogP contribution in [0.1, 0.15) is 28.0 Å². The van der Waals surface area contributed by atoms with Crippen LogP contribution < -0.4 is 9.80 Å². The van der Waals surface area contributed by atoms with Gasteiger partial charge in [0.25, 0.3) is 5.91 Å². The fraction of sp³-hybridized carbons (Fsp3) is 0.300. The number of pyridine rings is 2. The summed E-state index contributed by atoms with van der Waals surface area (Å²) in [6.07, 6.45) is 6.66. The maximum absolute atomic E-state index is 13.4. The topological polar surface area (TPSA) is 67.2 Å². The zero-order valence-electron chi connectivity index (χ0n) is 15.4. The molecule has 28 heavy (non-hydrogen) atoms. The second kappa shape index (κ2) is 6.40. The van der Waals surface area contributed by atoms with Crippen molar-refractivity contribution in [1.29, 1.82) is 0 Å². The summed E-state index contributed by atoms with van der Waals surface area (Å²) in [5.41, 5.74) is 3.87. The Morgan fingerprint density at radius 1 is 1.18 bits per heavy atom. The highest BCUT2D eigenvalue weighted by Gasteiger charge is 2.32. The van der Waals surface area contributed by atoms with Crippen molar-refractivity contribution in [3.63, 3.8) is 0 Å². The number of anilines is 2. The van der Waals surface area contributed by atoms with E-state index < -0.39 is 6.17 Å². The molecule has 3 aromatic rings. The third-order valence-electron chi connectivity index (χ3n) is 5.20. The normalized spacial score (nSPS) is 18.8. The highest BCUT2D eigenvalue weighted by molar-refractivity contribution is 6.09. The summed E-state index contributed by atoms with van der Waals surface area (Å²) in [6, 6.07) is 5.70. The molecule has 0 aliphatic carbocycles. The predicted octanol–water partition coefficient (Wildman–Crippen LogP) is 2.68. The van der Waals surface area contributed by atoms with Gasteiger partial charge in [0.15, 0.2) is 0 Å². The molecular weight excluding hydrogens is 359 g/mol. The van der Waals surface area contributed by atoms with E-state index in [0.717, 1.165) is 28.5 Å². The molecule has 0 aromatic carbocycles. The lowest BCUT2D eigenvalue weighted by Crippen LogP contribution is -2.24. The number of nitrogens with zero attached hydrogens (tertiary/aromatic N) is 6. The first-order chi connectivity index (χ1) is 13.6. The molecule has 1 fully saturated rings. The molecule has 0 unspecified atom stereocenters. The number of aromatic nitrogens is 4. The van der Waals surface area contributed by atoms with Gasteiger partial charge in [0.2, 0.25) is 0 Å². The van der Waals surface area contributed by atoms with Crippen LogP contribution in [0.2, 0.25) is 0 Å². The molecule has 5 heterocycles. The summed E-state index contributed by atoms with van der Waals surface area (Å²) < 4.78 is 15.1. The van der Waals surface area contributed by atoms with Gasteiger partial charge in [0.05, 0.1) is 48.1 Å². The second-order valence-electron chi connectivity index (χ2n) is 7.25. The number of carbonyl (C=O) groups is 1. The van der Waals surface area contributed by atoms with Crippen molar-refractivity contribution in [3.05, 3.63) is 59.8 Å². The van der Waals surface area contributed by atoms with Crippen LogP contribution >= 0.6 is 0 Å². The van der Waals surface area contributed by atoms with Crippen molar-refractivity contribution >= 4 is 17.4 Å². The lowest BCUT2D eigenvalue weighted by atomic mass is 10.3.